The van der Waals surface area contributed by atoms with Crippen molar-refractivity contribution in [3.8, 4) is 0 Å². The Balaban J connectivity index is 2.30. The van der Waals surface area contributed by atoms with Crippen LogP contribution < -0.4 is 10.5 Å². The molecule has 7 heteroatoms. The van der Waals surface area contributed by atoms with Gasteiger partial charge in [-0.3, -0.25) is 4.79 Å². The fourth-order valence-corrected chi connectivity index (χ4v) is 2.77. The number of hydrogen-bond donors (Lipinski definition) is 2. The Bertz CT molecular complexity index is 786. The number of nitrogens with two attached hydrogens (primary N) is 1. The normalized spacial score (nSPS) is 11.2. The van der Waals surface area contributed by atoms with Crippen LogP contribution in [0.5, 0.6) is 0 Å². The number of primary sulfonamides is 1. The Hall–Kier alpha value is -1.89. The molecule has 0 saturated heterocycles. The van der Waals surface area contributed by atoms with Gasteiger partial charge in [0.25, 0.3) is 5.91 Å². The van der Waals surface area contributed by atoms with Crippen molar-refractivity contribution in [2.24, 2.45) is 5.14 Å². The third-order valence-corrected chi connectivity index (χ3v) is 4.20. The number of halogens is 1. The monoisotopic (exact) mass is 324 g/mol. The van der Waals surface area contributed by atoms with Crippen molar-refractivity contribution in [1.29, 1.82) is 0 Å². The third kappa shape index (κ3) is 3.81. The van der Waals surface area contributed by atoms with Gasteiger partial charge in [-0.2, -0.15) is 0 Å². The summed E-state index contributed by atoms with van der Waals surface area (Å²) in [6.07, 6.45) is 0. The van der Waals surface area contributed by atoms with Crippen molar-refractivity contribution < 1.29 is 13.2 Å². The summed E-state index contributed by atoms with van der Waals surface area (Å²) in [4.78, 5) is 11.8. The van der Waals surface area contributed by atoms with Crippen molar-refractivity contribution in [2.75, 3.05) is 5.32 Å². The molecule has 0 saturated carbocycles. The average molecular weight is 325 g/mol. The first-order valence-corrected chi connectivity index (χ1v) is 7.90. The van der Waals surface area contributed by atoms with Crippen molar-refractivity contribution in [2.45, 2.75) is 11.8 Å². The van der Waals surface area contributed by atoms with Crippen LogP contribution in [0.15, 0.2) is 47.4 Å². The van der Waals surface area contributed by atoms with Gasteiger partial charge in [-0.15, -0.1) is 0 Å². The number of rotatable bonds is 3. The number of carbonyl (C=O) groups excluding carboxylic acids is 1. The van der Waals surface area contributed by atoms with Crippen LogP contribution in [0.2, 0.25) is 5.02 Å². The minimum absolute atomic E-state index is 0.0237. The van der Waals surface area contributed by atoms with Crippen LogP contribution in [0.3, 0.4) is 0 Å². The molecule has 0 atom stereocenters. The molecular weight excluding hydrogens is 312 g/mol. The molecule has 2 rings (SSSR count). The molecule has 21 heavy (non-hydrogen) atoms. The predicted molar refractivity (Wildman–Crippen MR) is 82.0 cm³/mol. The lowest BCUT2D eigenvalue weighted by molar-refractivity contribution is 0.102. The Morgan fingerprint density at radius 1 is 1.14 bits per heavy atom. The Kier molecular flexibility index (Phi) is 4.32. The second-order valence-corrected chi connectivity index (χ2v) is 6.45. The third-order valence-electron chi connectivity index (χ3n) is 2.81. The Morgan fingerprint density at radius 2 is 1.76 bits per heavy atom. The first-order chi connectivity index (χ1) is 9.77. The number of nitrogens with one attached hydrogen (secondary N) is 1. The molecular formula is C14H13ClN2O3S. The average Bonchev–Trinajstić information content (AvgIpc) is 2.40. The van der Waals surface area contributed by atoms with Gasteiger partial charge in [-0.05, 0) is 37.3 Å². The maximum Gasteiger partial charge on any atom is 0.255 e. The zero-order valence-electron chi connectivity index (χ0n) is 11.1. The van der Waals surface area contributed by atoms with E-state index in [0.717, 1.165) is 11.6 Å². The second kappa shape index (κ2) is 5.85. The largest absolute Gasteiger partial charge is 0.322 e. The Morgan fingerprint density at radius 3 is 2.33 bits per heavy atom. The highest BCUT2D eigenvalue weighted by Crippen LogP contribution is 2.22. The van der Waals surface area contributed by atoms with Crippen LogP contribution in [0, 0.1) is 6.92 Å². The lowest BCUT2D eigenvalue weighted by Crippen LogP contribution is -2.16. The fraction of sp³-hybridized carbons (Fsp3) is 0.0714. The van der Waals surface area contributed by atoms with Crippen molar-refractivity contribution in [3.05, 3.63) is 58.6 Å². The zero-order valence-corrected chi connectivity index (χ0v) is 12.7. The quantitative estimate of drug-likeness (QED) is 0.909. The molecule has 110 valence electrons. The Labute approximate surface area is 127 Å². The first kappa shape index (κ1) is 15.5. The van der Waals surface area contributed by atoms with Crippen molar-refractivity contribution >= 4 is 33.2 Å². The molecule has 0 radical (unpaired) electrons. The summed E-state index contributed by atoms with van der Waals surface area (Å²) >= 11 is 5.77. The minimum atomic E-state index is -3.98. The number of benzene rings is 2. The van der Waals surface area contributed by atoms with E-state index in [1.54, 1.807) is 12.1 Å². The van der Waals surface area contributed by atoms with E-state index in [4.69, 9.17) is 16.7 Å². The van der Waals surface area contributed by atoms with Gasteiger partial charge in [0.15, 0.2) is 0 Å². The molecule has 0 bridgehead atoms. The molecule has 0 heterocycles. The van der Waals surface area contributed by atoms with Gasteiger partial charge in [0.2, 0.25) is 10.0 Å². The molecule has 0 aliphatic carbocycles. The summed E-state index contributed by atoms with van der Waals surface area (Å²) in [6.45, 7) is 1.93. The highest BCUT2D eigenvalue weighted by molar-refractivity contribution is 7.89. The number of aryl methyl sites for hydroxylation is 1. The van der Waals surface area contributed by atoms with E-state index in [2.05, 4.69) is 5.32 Å². The van der Waals surface area contributed by atoms with Crippen LogP contribution in [-0.2, 0) is 10.0 Å². The van der Waals surface area contributed by atoms with Crippen LogP contribution >= 0.6 is 11.6 Å². The van der Waals surface area contributed by atoms with Gasteiger partial charge < -0.3 is 5.32 Å². The highest BCUT2D eigenvalue weighted by Gasteiger charge is 2.16. The van der Waals surface area contributed by atoms with Gasteiger partial charge in [0.1, 0.15) is 4.90 Å². The summed E-state index contributed by atoms with van der Waals surface area (Å²) in [7, 11) is -3.98. The first-order valence-electron chi connectivity index (χ1n) is 5.98. The van der Waals surface area contributed by atoms with Crippen molar-refractivity contribution in [3.63, 3.8) is 0 Å². The minimum Gasteiger partial charge on any atom is -0.322 e. The van der Waals surface area contributed by atoms with Crippen LogP contribution in [0.4, 0.5) is 5.69 Å². The molecule has 2 aromatic carbocycles. The second-order valence-electron chi connectivity index (χ2n) is 4.51. The van der Waals surface area contributed by atoms with E-state index < -0.39 is 15.9 Å². The van der Waals surface area contributed by atoms with E-state index in [0.29, 0.717) is 5.69 Å². The maximum absolute atomic E-state index is 12.1. The van der Waals surface area contributed by atoms with Crippen LogP contribution in [-0.4, -0.2) is 14.3 Å². The SMILES string of the molecule is Cc1ccc(NC(=O)c2ccc(Cl)c(S(N)(=O)=O)c2)cc1. The predicted octanol–water partition coefficient (Wildman–Crippen LogP) is 2.55. The van der Waals surface area contributed by atoms with Gasteiger partial charge in [-0.1, -0.05) is 29.3 Å². The summed E-state index contributed by atoms with van der Waals surface area (Å²) in [5.41, 5.74) is 1.83. The maximum atomic E-state index is 12.1. The topological polar surface area (TPSA) is 89.3 Å². The van der Waals surface area contributed by atoms with Crippen molar-refractivity contribution in [1.82, 2.24) is 0 Å². The number of carbonyl (C=O) groups is 1. The lowest BCUT2D eigenvalue weighted by atomic mass is 10.2. The summed E-state index contributed by atoms with van der Waals surface area (Å²) in [5.74, 6) is -0.444. The van der Waals surface area contributed by atoms with E-state index in [-0.39, 0.29) is 15.5 Å². The zero-order chi connectivity index (χ0) is 15.6. The molecule has 1 amide bonds. The van der Waals surface area contributed by atoms with Gasteiger partial charge in [-0.25, -0.2) is 13.6 Å². The molecule has 3 N–H and O–H groups in total. The molecule has 0 unspecified atom stereocenters. The molecule has 0 fully saturated rings. The molecule has 0 aliphatic heterocycles. The number of sulfonamides is 1. The van der Waals surface area contributed by atoms with Gasteiger partial charge in [0, 0.05) is 11.3 Å². The number of hydrogen-bond acceptors (Lipinski definition) is 3. The number of anilines is 1. The standard InChI is InChI=1S/C14H13ClN2O3S/c1-9-2-5-11(6-3-9)17-14(18)10-4-7-12(15)13(8-10)21(16,19)20/h2-8H,1H3,(H,17,18)(H2,16,19,20). The van der Waals surface area contributed by atoms with Gasteiger partial charge >= 0.3 is 0 Å². The number of amides is 1. The molecule has 5 nitrogen and oxygen atoms in total. The van der Waals surface area contributed by atoms with E-state index >= 15 is 0 Å². The summed E-state index contributed by atoms with van der Waals surface area (Å²) < 4.78 is 22.8. The lowest BCUT2D eigenvalue weighted by Gasteiger charge is -2.08. The molecule has 0 aromatic heterocycles. The van der Waals surface area contributed by atoms with Crippen LogP contribution in [0.25, 0.3) is 0 Å². The molecule has 2 aromatic rings. The molecule has 0 spiro atoms. The van der Waals surface area contributed by atoms with Gasteiger partial charge in [0.05, 0.1) is 5.02 Å². The summed E-state index contributed by atoms with van der Waals surface area (Å²) in [5, 5.41) is 7.69. The van der Waals surface area contributed by atoms with E-state index in [1.807, 2.05) is 19.1 Å². The van der Waals surface area contributed by atoms with E-state index in [1.165, 1.54) is 12.1 Å². The summed E-state index contributed by atoms with van der Waals surface area (Å²) in [6, 6.07) is 11.1. The van der Waals surface area contributed by atoms with E-state index in [9.17, 15) is 13.2 Å². The fourth-order valence-electron chi connectivity index (χ4n) is 1.70. The highest BCUT2D eigenvalue weighted by atomic mass is 35.5. The van der Waals surface area contributed by atoms with Crippen LogP contribution in [0.1, 0.15) is 15.9 Å². The molecule has 0 aliphatic rings. The smallest absolute Gasteiger partial charge is 0.255 e.